The SMILES string of the molecule is CC(=O)O[C@H]1[C@H]2C[C@H](OC(C)=O)[C@H]1[C@@H]1COC(=O)[C@@H]21. The summed E-state index contributed by atoms with van der Waals surface area (Å²) in [5.74, 6) is -1.33. The summed E-state index contributed by atoms with van der Waals surface area (Å²) in [6, 6.07) is 0. The quantitative estimate of drug-likeness (QED) is 0.529. The van der Waals surface area contributed by atoms with Crippen molar-refractivity contribution in [3.63, 3.8) is 0 Å². The van der Waals surface area contributed by atoms with Crippen LogP contribution in [0.1, 0.15) is 20.3 Å². The van der Waals surface area contributed by atoms with E-state index in [0.29, 0.717) is 13.0 Å². The largest absolute Gasteiger partial charge is 0.465 e. The third-order valence-corrected chi connectivity index (χ3v) is 4.46. The van der Waals surface area contributed by atoms with Crippen molar-refractivity contribution in [2.75, 3.05) is 6.61 Å². The van der Waals surface area contributed by atoms with Crippen LogP contribution < -0.4 is 0 Å². The lowest BCUT2D eigenvalue weighted by atomic mass is 9.80. The van der Waals surface area contributed by atoms with Crippen LogP contribution in [0.25, 0.3) is 0 Å². The predicted octanol–water partition coefficient (Wildman–Crippen LogP) is 0.289. The van der Waals surface area contributed by atoms with Crippen LogP contribution in [0.15, 0.2) is 0 Å². The van der Waals surface area contributed by atoms with Crippen molar-refractivity contribution in [1.82, 2.24) is 0 Å². The molecule has 0 unspecified atom stereocenters. The number of cyclic esters (lactones) is 1. The molecule has 2 bridgehead atoms. The van der Waals surface area contributed by atoms with E-state index in [1.165, 1.54) is 13.8 Å². The Morgan fingerprint density at radius 2 is 1.84 bits per heavy atom. The molecule has 1 aliphatic heterocycles. The minimum atomic E-state index is -0.364. The zero-order chi connectivity index (χ0) is 13.7. The summed E-state index contributed by atoms with van der Waals surface area (Å²) < 4.78 is 15.7. The van der Waals surface area contributed by atoms with Crippen molar-refractivity contribution in [3.05, 3.63) is 0 Å². The number of carbonyl (C=O) groups is 3. The van der Waals surface area contributed by atoms with Gasteiger partial charge in [-0.05, 0) is 6.42 Å². The Labute approximate surface area is 110 Å². The van der Waals surface area contributed by atoms with Gasteiger partial charge >= 0.3 is 17.9 Å². The van der Waals surface area contributed by atoms with Gasteiger partial charge in [0.1, 0.15) is 12.2 Å². The monoisotopic (exact) mass is 268 g/mol. The van der Waals surface area contributed by atoms with Crippen LogP contribution in [0, 0.1) is 23.7 Å². The molecule has 19 heavy (non-hydrogen) atoms. The molecule has 0 aromatic carbocycles. The van der Waals surface area contributed by atoms with Crippen LogP contribution in [0.3, 0.4) is 0 Å². The normalized spacial score (nSPS) is 42.7. The Morgan fingerprint density at radius 1 is 1.16 bits per heavy atom. The summed E-state index contributed by atoms with van der Waals surface area (Å²) in [7, 11) is 0. The van der Waals surface area contributed by atoms with Gasteiger partial charge in [-0.25, -0.2) is 0 Å². The van der Waals surface area contributed by atoms with Crippen LogP contribution in [0.5, 0.6) is 0 Å². The Kier molecular flexibility index (Phi) is 2.76. The van der Waals surface area contributed by atoms with Crippen molar-refractivity contribution >= 4 is 17.9 Å². The number of rotatable bonds is 2. The summed E-state index contributed by atoms with van der Waals surface area (Å²) in [4.78, 5) is 34.1. The number of hydrogen-bond acceptors (Lipinski definition) is 6. The number of hydrogen-bond donors (Lipinski definition) is 0. The highest BCUT2D eigenvalue weighted by atomic mass is 16.6. The standard InChI is InChI=1S/C13H16O6/c1-5(14)18-9-3-7-10-8(4-17-13(10)16)11(9)12(7)19-6(2)15/h7-12H,3-4H2,1-2H3/t7-,8+,9-,10-,11+,12-/m0/s1. The zero-order valence-electron chi connectivity index (χ0n) is 10.8. The third-order valence-electron chi connectivity index (χ3n) is 4.46. The van der Waals surface area contributed by atoms with Gasteiger partial charge in [-0.1, -0.05) is 0 Å². The smallest absolute Gasteiger partial charge is 0.309 e. The van der Waals surface area contributed by atoms with E-state index in [-0.39, 0.29) is 53.8 Å². The molecule has 0 spiro atoms. The van der Waals surface area contributed by atoms with E-state index < -0.39 is 0 Å². The lowest BCUT2D eigenvalue weighted by Crippen LogP contribution is -2.35. The second-order valence-corrected chi connectivity index (χ2v) is 5.52. The van der Waals surface area contributed by atoms with Crippen LogP contribution in [-0.4, -0.2) is 36.7 Å². The molecule has 0 aromatic rings. The van der Waals surface area contributed by atoms with E-state index in [2.05, 4.69) is 0 Å². The predicted molar refractivity (Wildman–Crippen MR) is 60.6 cm³/mol. The first-order valence-corrected chi connectivity index (χ1v) is 6.50. The molecule has 2 aliphatic carbocycles. The van der Waals surface area contributed by atoms with Crippen LogP contribution in [-0.2, 0) is 28.6 Å². The lowest BCUT2D eigenvalue weighted by Gasteiger charge is -2.27. The minimum absolute atomic E-state index is 0.0000463. The van der Waals surface area contributed by atoms with Crippen molar-refractivity contribution in [3.8, 4) is 0 Å². The van der Waals surface area contributed by atoms with Crippen molar-refractivity contribution < 1.29 is 28.6 Å². The molecular weight excluding hydrogens is 252 g/mol. The van der Waals surface area contributed by atoms with Gasteiger partial charge in [0.25, 0.3) is 0 Å². The Balaban J connectivity index is 1.85. The molecule has 6 atom stereocenters. The van der Waals surface area contributed by atoms with Gasteiger partial charge in [-0.2, -0.15) is 0 Å². The Morgan fingerprint density at radius 3 is 2.47 bits per heavy atom. The van der Waals surface area contributed by atoms with Crippen molar-refractivity contribution in [2.24, 2.45) is 23.7 Å². The first-order chi connectivity index (χ1) is 8.99. The first-order valence-electron chi connectivity index (χ1n) is 6.50. The first kappa shape index (κ1) is 12.4. The van der Waals surface area contributed by atoms with E-state index >= 15 is 0 Å². The molecule has 0 N–H and O–H groups in total. The molecule has 1 heterocycles. The van der Waals surface area contributed by atoms with Gasteiger partial charge in [-0.15, -0.1) is 0 Å². The fraction of sp³-hybridized carbons (Fsp3) is 0.769. The summed E-state index contributed by atoms with van der Waals surface area (Å²) in [6.07, 6.45) is -0.0364. The molecule has 104 valence electrons. The molecule has 6 nitrogen and oxygen atoms in total. The summed E-state index contributed by atoms with van der Waals surface area (Å²) in [5.41, 5.74) is 0. The topological polar surface area (TPSA) is 78.9 Å². The highest BCUT2D eigenvalue weighted by molar-refractivity contribution is 5.77. The number of fused-ring (bicyclic) bond motifs is 5. The molecule has 0 radical (unpaired) electrons. The van der Waals surface area contributed by atoms with Crippen LogP contribution in [0.4, 0.5) is 0 Å². The van der Waals surface area contributed by atoms with Crippen LogP contribution in [0.2, 0.25) is 0 Å². The van der Waals surface area contributed by atoms with Gasteiger partial charge in [0, 0.05) is 31.6 Å². The molecule has 6 heteroatoms. The number of carbonyl (C=O) groups excluding carboxylic acids is 3. The summed E-state index contributed by atoms with van der Waals surface area (Å²) >= 11 is 0. The van der Waals surface area contributed by atoms with E-state index in [1.807, 2.05) is 0 Å². The average molecular weight is 268 g/mol. The van der Waals surface area contributed by atoms with Crippen LogP contribution >= 0.6 is 0 Å². The fourth-order valence-electron chi connectivity index (χ4n) is 4.02. The second-order valence-electron chi connectivity index (χ2n) is 5.52. The van der Waals surface area contributed by atoms with E-state index in [1.54, 1.807) is 0 Å². The van der Waals surface area contributed by atoms with Crippen molar-refractivity contribution in [2.45, 2.75) is 32.5 Å². The van der Waals surface area contributed by atoms with Gasteiger partial charge in [0.15, 0.2) is 0 Å². The van der Waals surface area contributed by atoms with Gasteiger partial charge in [-0.3, -0.25) is 14.4 Å². The molecule has 3 fully saturated rings. The second kappa shape index (κ2) is 4.21. The van der Waals surface area contributed by atoms with Gasteiger partial charge in [0.05, 0.1) is 12.5 Å². The molecule has 1 saturated heterocycles. The van der Waals surface area contributed by atoms with Gasteiger partial charge < -0.3 is 14.2 Å². The van der Waals surface area contributed by atoms with E-state index in [4.69, 9.17) is 14.2 Å². The van der Waals surface area contributed by atoms with E-state index in [9.17, 15) is 14.4 Å². The maximum atomic E-state index is 11.7. The fourth-order valence-corrected chi connectivity index (χ4v) is 4.02. The maximum Gasteiger partial charge on any atom is 0.309 e. The highest BCUT2D eigenvalue weighted by Gasteiger charge is 2.66. The molecule has 3 aliphatic rings. The third kappa shape index (κ3) is 1.81. The maximum absolute atomic E-state index is 11.7. The number of ether oxygens (including phenoxy) is 3. The molecule has 2 saturated carbocycles. The molecule has 0 amide bonds. The summed E-state index contributed by atoms with van der Waals surface area (Å²) in [6.45, 7) is 3.05. The van der Waals surface area contributed by atoms with E-state index in [0.717, 1.165) is 0 Å². The van der Waals surface area contributed by atoms with Gasteiger partial charge in [0.2, 0.25) is 0 Å². The minimum Gasteiger partial charge on any atom is -0.465 e. The molecule has 0 aromatic heterocycles. The zero-order valence-corrected chi connectivity index (χ0v) is 10.8. The number of esters is 3. The summed E-state index contributed by atoms with van der Waals surface area (Å²) in [5, 5.41) is 0. The molecule has 3 rings (SSSR count). The average Bonchev–Trinajstić information content (AvgIpc) is 2.89. The Hall–Kier alpha value is -1.59. The highest BCUT2D eigenvalue weighted by Crippen LogP contribution is 2.57. The van der Waals surface area contributed by atoms with Crippen molar-refractivity contribution in [1.29, 1.82) is 0 Å². The lowest BCUT2D eigenvalue weighted by molar-refractivity contribution is -0.155. The Bertz CT molecular complexity index is 444. The molecular formula is C13H16O6.